The largest absolute Gasteiger partial charge is 0.293 e. The maximum absolute atomic E-state index is 12.2. The van der Waals surface area contributed by atoms with E-state index in [1.54, 1.807) is 0 Å². The average molecular weight is 367 g/mol. The third kappa shape index (κ3) is 2.38. The van der Waals surface area contributed by atoms with Gasteiger partial charge >= 0.3 is 0 Å². The molecule has 23 heavy (non-hydrogen) atoms. The molecule has 4 heteroatoms. The molecule has 0 amide bonds. The summed E-state index contributed by atoms with van der Waals surface area (Å²) in [6.45, 7) is 0. The first kappa shape index (κ1) is 14.5. The summed E-state index contributed by atoms with van der Waals surface area (Å²) in [5, 5.41) is 1.21. The third-order valence-electron chi connectivity index (χ3n) is 4.54. The number of fused-ring (bicyclic) bond motifs is 1. The molecule has 1 saturated carbocycles. The molecule has 1 heterocycles. The third-order valence-corrected chi connectivity index (χ3v) is 5.05. The second kappa shape index (κ2) is 5.53. The Morgan fingerprint density at radius 1 is 1.09 bits per heavy atom. The number of hydrogen-bond acceptors (Lipinski definition) is 3. The summed E-state index contributed by atoms with van der Waals surface area (Å²) in [5.74, 6) is 0.871. The van der Waals surface area contributed by atoms with Crippen LogP contribution in [0.3, 0.4) is 0 Å². The fourth-order valence-electron chi connectivity index (χ4n) is 3.11. The van der Waals surface area contributed by atoms with Crippen LogP contribution in [0.25, 0.3) is 10.9 Å². The first-order valence-corrected chi connectivity index (χ1v) is 8.78. The second-order valence-electron chi connectivity index (χ2n) is 5.94. The SMILES string of the molecule is O=C(CBr)c1cccc2cnc(C3(c4ccccc4)CC3)nc12. The van der Waals surface area contributed by atoms with Gasteiger partial charge in [-0.3, -0.25) is 4.79 Å². The van der Waals surface area contributed by atoms with Crippen molar-refractivity contribution in [3.05, 3.63) is 71.7 Å². The van der Waals surface area contributed by atoms with Crippen molar-refractivity contribution in [3.63, 3.8) is 0 Å². The molecular formula is C19H15BrN2O. The average Bonchev–Trinajstić information content (AvgIpc) is 3.43. The van der Waals surface area contributed by atoms with E-state index in [1.165, 1.54) is 5.56 Å². The minimum absolute atomic E-state index is 0.0461. The quantitative estimate of drug-likeness (QED) is 0.511. The number of rotatable bonds is 4. The van der Waals surface area contributed by atoms with Crippen molar-refractivity contribution in [3.8, 4) is 0 Å². The number of benzene rings is 2. The highest BCUT2D eigenvalue weighted by Gasteiger charge is 2.48. The second-order valence-corrected chi connectivity index (χ2v) is 6.50. The monoisotopic (exact) mass is 366 g/mol. The van der Waals surface area contributed by atoms with Crippen molar-refractivity contribution in [1.29, 1.82) is 0 Å². The Labute approximate surface area is 142 Å². The van der Waals surface area contributed by atoms with Crippen molar-refractivity contribution < 1.29 is 4.79 Å². The minimum Gasteiger partial charge on any atom is -0.293 e. The van der Waals surface area contributed by atoms with Crippen LogP contribution in [0.5, 0.6) is 0 Å². The standard InChI is InChI=1S/C19H15BrN2O/c20-11-16(23)15-8-4-5-13-12-21-18(22-17(13)15)19(9-10-19)14-6-2-1-3-7-14/h1-8,12H,9-11H2. The molecule has 0 bridgehead atoms. The first-order chi connectivity index (χ1) is 11.2. The zero-order valence-electron chi connectivity index (χ0n) is 12.5. The Balaban J connectivity index is 1.88. The molecule has 0 N–H and O–H groups in total. The molecule has 1 fully saturated rings. The van der Waals surface area contributed by atoms with Crippen molar-refractivity contribution in [2.24, 2.45) is 0 Å². The Morgan fingerprint density at radius 2 is 1.87 bits per heavy atom. The lowest BCUT2D eigenvalue weighted by Crippen LogP contribution is -2.14. The molecule has 0 unspecified atom stereocenters. The maximum Gasteiger partial charge on any atom is 0.175 e. The van der Waals surface area contributed by atoms with Gasteiger partial charge in [0.2, 0.25) is 0 Å². The van der Waals surface area contributed by atoms with Crippen molar-refractivity contribution in [2.45, 2.75) is 18.3 Å². The lowest BCUT2D eigenvalue weighted by atomic mass is 9.94. The summed E-state index contributed by atoms with van der Waals surface area (Å²) in [4.78, 5) is 21.6. The van der Waals surface area contributed by atoms with Crippen LogP contribution in [0.1, 0.15) is 34.6 Å². The van der Waals surface area contributed by atoms with Crippen LogP contribution in [-0.4, -0.2) is 21.1 Å². The number of ketones is 1. The number of carbonyl (C=O) groups is 1. The summed E-state index contributed by atoms with van der Waals surface area (Å²) in [6, 6.07) is 16.1. The minimum atomic E-state index is -0.0833. The molecule has 4 rings (SSSR count). The van der Waals surface area contributed by atoms with Gasteiger partial charge in [-0.25, -0.2) is 9.97 Å². The van der Waals surface area contributed by atoms with Crippen LogP contribution in [0.15, 0.2) is 54.7 Å². The van der Waals surface area contributed by atoms with Crippen LogP contribution in [0.2, 0.25) is 0 Å². The van der Waals surface area contributed by atoms with Gasteiger partial charge in [-0.2, -0.15) is 0 Å². The van der Waals surface area contributed by atoms with Gasteiger partial charge in [-0.15, -0.1) is 0 Å². The summed E-state index contributed by atoms with van der Waals surface area (Å²) < 4.78 is 0. The van der Waals surface area contributed by atoms with Gasteiger partial charge < -0.3 is 0 Å². The van der Waals surface area contributed by atoms with E-state index >= 15 is 0 Å². The molecule has 3 nitrogen and oxygen atoms in total. The zero-order chi connectivity index (χ0) is 15.9. The summed E-state index contributed by atoms with van der Waals surface area (Å²) in [7, 11) is 0. The summed E-state index contributed by atoms with van der Waals surface area (Å²) >= 11 is 3.25. The summed E-state index contributed by atoms with van der Waals surface area (Å²) in [5.41, 5.74) is 2.58. The van der Waals surface area contributed by atoms with Crippen LogP contribution in [-0.2, 0) is 5.41 Å². The highest BCUT2D eigenvalue weighted by Crippen LogP contribution is 2.52. The van der Waals surface area contributed by atoms with Gasteiger partial charge in [0.1, 0.15) is 5.82 Å². The van der Waals surface area contributed by atoms with E-state index in [-0.39, 0.29) is 11.2 Å². The molecule has 3 aromatic rings. The maximum atomic E-state index is 12.2. The number of carbonyl (C=O) groups excluding carboxylic acids is 1. The number of aromatic nitrogens is 2. The van der Waals surface area contributed by atoms with Crippen LogP contribution < -0.4 is 0 Å². The Kier molecular flexibility index (Phi) is 3.49. The predicted octanol–water partition coefficient (Wildman–Crippen LogP) is 4.29. The fourth-order valence-corrected chi connectivity index (χ4v) is 3.41. The Hall–Kier alpha value is -2.07. The Bertz CT molecular complexity index is 888. The Morgan fingerprint density at radius 3 is 2.57 bits per heavy atom. The molecule has 0 saturated heterocycles. The van der Waals surface area contributed by atoms with Gasteiger partial charge in [-0.1, -0.05) is 58.4 Å². The molecular weight excluding hydrogens is 352 g/mol. The van der Waals surface area contributed by atoms with E-state index in [9.17, 15) is 4.79 Å². The molecule has 0 atom stereocenters. The van der Waals surface area contributed by atoms with E-state index in [2.05, 4.69) is 45.2 Å². The number of Topliss-reactive ketones (excluding diaryl/α,β-unsaturated/α-hetero) is 1. The first-order valence-electron chi connectivity index (χ1n) is 7.65. The molecule has 1 aliphatic carbocycles. The number of hydrogen-bond donors (Lipinski definition) is 0. The van der Waals surface area contributed by atoms with E-state index in [4.69, 9.17) is 4.98 Å². The molecule has 1 aromatic heterocycles. The van der Waals surface area contributed by atoms with E-state index in [0.29, 0.717) is 10.9 Å². The summed E-state index contributed by atoms with van der Waals surface area (Å²) in [6.07, 6.45) is 3.94. The number of nitrogens with zero attached hydrogens (tertiary/aromatic N) is 2. The number of alkyl halides is 1. The smallest absolute Gasteiger partial charge is 0.175 e. The molecule has 2 aromatic carbocycles. The van der Waals surface area contributed by atoms with Gasteiger partial charge in [0.05, 0.1) is 16.3 Å². The number of halogens is 1. The highest BCUT2D eigenvalue weighted by molar-refractivity contribution is 9.09. The van der Waals surface area contributed by atoms with Crippen LogP contribution in [0.4, 0.5) is 0 Å². The topological polar surface area (TPSA) is 42.9 Å². The van der Waals surface area contributed by atoms with E-state index in [1.807, 2.05) is 30.5 Å². The van der Waals surface area contributed by atoms with Gasteiger partial charge in [0, 0.05) is 17.1 Å². The van der Waals surface area contributed by atoms with Crippen molar-refractivity contribution >= 4 is 32.6 Å². The molecule has 0 spiro atoms. The van der Waals surface area contributed by atoms with Crippen LogP contribution >= 0.6 is 15.9 Å². The molecule has 0 radical (unpaired) electrons. The van der Waals surface area contributed by atoms with Crippen molar-refractivity contribution in [1.82, 2.24) is 9.97 Å². The fraction of sp³-hybridized carbons (Fsp3) is 0.211. The van der Waals surface area contributed by atoms with Crippen LogP contribution in [0, 0.1) is 0 Å². The van der Waals surface area contributed by atoms with E-state index in [0.717, 1.165) is 29.6 Å². The van der Waals surface area contributed by atoms with Gasteiger partial charge in [0.25, 0.3) is 0 Å². The number of para-hydroxylation sites is 1. The zero-order valence-corrected chi connectivity index (χ0v) is 14.1. The normalized spacial score (nSPS) is 15.5. The highest BCUT2D eigenvalue weighted by atomic mass is 79.9. The van der Waals surface area contributed by atoms with Gasteiger partial charge in [-0.05, 0) is 24.5 Å². The predicted molar refractivity (Wildman–Crippen MR) is 94.1 cm³/mol. The van der Waals surface area contributed by atoms with E-state index < -0.39 is 0 Å². The van der Waals surface area contributed by atoms with Crippen molar-refractivity contribution in [2.75, 3.05) is 5.33 Å². The molecule has 114 valence electrons. The lowest BCUT2D eigenvalue weighted by molar-refractivity contribution is 0.102. The molecule has 1 aliphatic rings. The van der Waals surface area contributed by atoms with Gasteiger partial charge in [0.15, 0.2) is 5.78 Å². The lowest BCUT2D eigenvalue weighted by Gasteiger charge is -2.15. The molecule has 0 aliphatic heterocycles.